The molecule has 1 atom stereocenters. The summed E-state index contributed by atoms with van der Waals surface area (Å²) in [5.41, 5.74) is 2.53. The summed E-state index contributed by atoms with van der Waals surface area (Å²) >= 11 is 0. The fraction of sp³-hybridized carbons (Fsp3) is 0.500. The molecule has 1 N–H and O–H groups in total. The van der Waals surface area contributed by atoms with Gasteiger partial charge in [0.15, 0.2) is 0 Å². The highest BCUT2D eigenvalue weighted by Gasteiger charge is 2.09. The van der Waals surface area contributed by atoms with Gasteiger partial charge in [0, 0.05) is 31.5 Å². The maximum absolute atomic E-state index is 5.91. The molecule has 0 radical (unpaired) electrons. The summed E-state index contributed by atoms with van der Waals surface area (Å²) in [6.45, 7) is 7.52. The van der Waals surface area contributed by atoms with Crippen LogP contribution in [0.1, 0.15) is 49.8 Å². The summed E-state index contributed by atoms with van der Waals surface area (Å²) in [4.78, 5) is 6.61. The summed E-state index contributed by atoms with van der Waals surface area (Å²) in [5, 5.41) is 3.55. The lowest BCUT2D eigenvalue weighted by Gasteiger charge is -2.26. The van der Waals surface area contributed by atoms with Crippen molar-refractivity contribution < 1.29 is 4.74 Å². The van der Waals surface area contributed by atoms with E-state index in [4.69, 9.17) is 4.74 Å². The van der Waals surface area contributed by atoms with Crippen molar-refractivity contribution in [2.45, 2.75) is 45.2 Å². The number of pyridine rings is 1. The van der Waals surface area contributed by atoms with Crippen molar-refractivity contribution in [3.05, 3.63) is 59.9 Å². The lowest BCUT2D eigenvalue weighted by Crippen LogP contribution is -2.31. The van der Waals surface area contributed by atoms with Gasteiger partial charge in [-0.3, -0.25) is 4.98 Å². The molecule has 0 saturated carbocycles. The molecule has 1 saturated heterocycles. The van der Waals surface area contributed by atoms with Gasteiger partial charge in [-0.25, -0.2) is 0 Å². The summed E-state index contributed by atoms with van der Waals surface area (Å²) < 4.78 is 5.91. The van der Waals surface area contributed by atoms with Crippen LogP contribution in [0.5, 0.6) is 5.75 Å². The standard InChI is InChI=1S/C22H31N3O/c1-19(24-18-20-10-12-23-13-11-20)21-6-8-22(9-7-21)26-17-5-16-25-14-3-2-4-15-25/h6-13,19,24H,2-5,14-18H2,1H3. The van der Waals surface area contributed by atoms with Crippen molar-refractivity contribution in [3.63, 3.8) is 0 Å². The predicted molar refractivity (Wildman–Crippen MR) is 106 cm³/mol. The average Bonchev–Trinajstić information content (AvgIpc) is 2.71. The second kappa shape index (κ2) is 10.3. The first-order valence-corrected chi connectivity index (χ1v) is 9.89. The molecule has 2 heterocycles. The molecule has 0 aliphatic carbocycles. The van der Waals surface area contributed by atoms with Crippen molar-refractivity contribution in [3.8, 4) is 5.75 Å². The highest BCUT2D eigenvalue weighted by molar-refractivity contribution is 5.29. The summed E-state index contributed by atoms with van der Waals surface area (Å²) in [5.74, 6) is 0.966. The molecule has 4 nitrogen and oxygen atoms in total. The quantitative estimate of drug-likeness (QED) is 0.686. The van der Waals surface area contributed by atoms with E-state index in [0.717, 1.165) is 31.9 Å². The summed E-state index contributed by atoms with van der Waals surface area (Å²) in [7, 11) is 0. The smallest absolute Gasteiger partial charge is 0.119 e. The lowest BCUT2D eigenvalue weighted by atomic mass is 10.1. The molecule has 0 bridgehead atoms. The minimum atomic E-state index is 0.302. The SMILES string of the molecule is CC(NCc1ccncc1)c1ccc(OCCCN2CCCCC2)cc1. The zero-order valence-electron chi connectivity index (χ0n) is 15.9. The number of aromatic nitrogens is 1. The van der Waals surface area contributed by atoms with E-state index in [-0.39, 0.29) is 0 Å². The molecule has 1 aromatic heterocycles. The Hall–Kier alpha value is -1.91. The van der Waals surface area contributed by atoms with Gasteiger partial charge < -0.3 is 15.0 Å². The summed E-state index contributed by atoms with van der Waals surface area (Å²) in [6.07, 6.45) is 8.88. The molecule has 3 rings (SSSR count). The maximum atomic E-state index is 5.91. The molecule has 1 fully saturated rings. The first-order chi connectivity index (χ1) is 12.8. The Morgan fingerprint density at radius 2 is 1.77 bits per heavy atom. The van der Waals surface area contributed by atoms with E-state index < -0.39 is 0 Å². The van der Waals surface area contributed by atoms with Crippen molar-refractivity contribution in [1.82, 2.24) is 15.2 Å². The molecule has 1 aliphatic heterocycles. The van der Waals surface area contributed by atoms with Gasteiger partial charge in [-0.2, -0.15) is 0 Å². The van der Waals surface area contributed by atoms with Crippen molar-refractivity contribution in [2.75, 3.05) is 26.2 Å². The van der Waals surface area contributed by atoms with E-state index in [1.165, 1.54) is 43.5 Å². The number of rotatable bonds is 9. The Kier molecular flexibility index (Phi) is 7.47. The molecular formula is C22H31N3O. The highest BCUT2D eigenvalue weighted by Crippen LogP contribution is 2.18. The third-order valence-electron chi connectivity index (χ3n) is 5.08. The minimum absolute atomic E-state index is 0.302. The molecule has 140 valence electrons. The lowest BCUT2D eigenvalue weighted by molar-refractivity contribution is 0.205. The van der Waals surface area contributed by atoms with Gasteiger partial charge in [-0.15, -0.1) is 0 Å². The molecule has 0 amide bonds. The van der Waals surface area contributed by atoms with E-state index in [1.54, 1.807) is 0 Å². The summed E-state index contributed by atoms with van der Waals surface area (Å²) in [6, 6.07) is 12.9. The van der Waals surface area contributed by atoms with E-state index in [9.17, 15) is 0 Å². The minimum Gasteiger partial charge on any atom is -0.494 e. The molecular weight excluding hydrogens is 322 g/mol. The molecule has 1 aliphatic rings. The zero-order valence-corrected chi connectivity index (χ0v) is 15.9. The van der Waals surface area contributed by atoms with Crippen LogP contribution in [0, 0.1) is 0 Å². The second-order valence-electron chi connectivity index (χ2n) is 7.13. The van der Waals surface area contributed by atoms with E-state index in [0.29, 0.717) is 6.04 Å². The first kappa shape index (κ1) is 18.9. The van der Waals surface area contributed by atoms with Crippen LogP contribution in [0.25, 0.3) is 0 Å². The number of ether oxygens (including phenoxy) is 1. The highest BCUT2D eigenvalue weighted by atomic mass is 16.5. The number of benzene rings is 1. The molecule has 26 heavy (non-hydrogen) atoms. The monoisotopic (exact) mass is 353 g/mol. The molecule has 0 spiro atoms. The number of hydrogen-bond donors (Lipinski definition) is 1. The van der Waals surface area contributed by atoms with Crippen LogP contribution < -0.4 is 10.1 Å². The van der Waals surface area contributed by atoms with E-state index in [1.807, 2.05) is 24.5 Å². The van der Waals surface area contributed by atoms with Crippen molar-refractivity contribution >= 4 is 0 Å². The zero-order chi connectivity index (χ0) is 18.0. The topological polar surface area (TPSA) is 37.4 Å². The van der Waals surface area contributed by atoms with Crippen LogP contribution in [0.15, 0.2) is 48.8 Å². The van der Waals surface area contributed by atoms with E-state index in [2.05, 4.69) is 46.4 Å². The van der Waals surface area contributed by atoms with Crippen molar-refractivity contribution in [2.24, 2.45) is 0 Å². The third-order valence-corrected chi connectivity index (χ3v) is 5.08. The van der Waals surface area contributed by atoms with Gasteiger partial charge in [0.2, 0.25) is 0 Å². The third kappa shape index (κ3) is 6.11. The van der Waals surface area contributed by atoms with Crippen LogP contribution >= 0.6 is 0 Å². The Morgan fingerprint density at radius 3 is 2.50 bits per heavy atom. The fourth-order valence-corrected chi connectivity index (χ4v) is 3.40. The van der Waals surface area contributed by atoms with Crippen LogP contribution in [-0.2, 0) is 6.54 Å². The molecule has 4 heteroatoms. The largest absolute Gasteiger partial charge is 0.494 e. The molecule has 1 unspecified atom stereocenters. The maximum Gasteiger partial charge on any atom is 0.119 e. The van der Waals surface area contributed by atoms with Crippen LogP contribution in [0.3, 0.4) is 0 Å². The van der Waals surface area contributed by atoms with Gasteiger partial charge >= 0.3 is 0 Å². The first-order valence-electron chi connectivity index (χ1n) is 9.89. The van der Waals surface area contributed by atoms with Gasteiger partial charge in [0.1, 0.15) is 5.75 Å². The fourth-order valence-electron chi connectivity index (χ4n) is 3.40. The van der Waals surface area contributed by atoms with E-state index >= 15 is 0 Å². The number of nitrogens with zero attached hydrogens (tertiary/aromatic N) is 2. The number of piperidine rings is 1. The molecule has 2 aromatic rings. The van der Waals surface area contributed by atoms with Crippen LogP contribution in [0.2, 0.25) is 0 Å². The Morgan fingerprint density at radius 1 is 1.04 bits per heavy atom. The predicted octanol–water partition coefficient (Wildman–Crippen LogP) is 4.19. The Bertz CT molecular complexity index is 624. The Labute approximate surface area is 157 Å². The number of likely N-dealkylation sites (tertiary alicyclic amines) is 1. The normalized spacial score (nSPS) is 16.3. The number of nitrogens with one attached hydrogen (secondary N) is 1. The van der Waals surface area contributed by atoms with Gasteiger partial charge in [-0.05, 0) is 74.7 Å². The van der Waals surface area contributed by atoms with Crippen LogP contribution in [0.4, 0.5) is 0 Å². The average molecular weight is 354 g/mol. The molecule has 1 aromatic carbocycles. The van der Waals surface area contributed by atoms with Gasteiger partial charge in [0.05, 0.1) is 6.61 Å². The van der Waals surface area contributed by atoms with Gasteiger partial charge in [0.25, 0.3) is 0 Å². The van der Waals surface area contributed by atoms with Crippen LogP contribution in [-0.4, -0.2) is 36.1 Å². The van der Waals surface area contributed by atoms with Crippen molar-refractivity contribution in [1.29, 1.82) is 0 Å². The number of hydrogen-bond acceptors (Lipinski definition) is 4. The Balaban J connectivity index is 1.37. The second-order valence-corrected chi connectivity index (χ2v) is 7.13. The van der Waals surface area contributed by atoms with Gasteiger partial charge in [-0.1, -0.05) is 18.6 Å².